The topological polar surface area (TPSA) is 32.3 Å². The van der Waals surface area contributed by atoms with Crippen LogP contribution >= 0.6 is 0 Å². The van der Waals surface area contributed by atoms with Gasteiger partial charge in [0.25, 0.3) is 0 Å². The Labute approximate surface area is 84.9 Å². The van der Waals surface area contributed by atoms with Gasteiger partial charge in [-0.05, 0) is 7.05 Å². The molecule has 0 aromatic heterocycles. The van der Waals surface area contributed by atoms with E-state index in [1.54, 1.807) is 7.05 Å². The van der Waals surface area contributed by atoms with Gasteiger partial charge in [0.05, 0.1) is 6.61 Å². The predicted molar refractivity (Wildman–Crippen MR) is 21.0 cm³/mol. The number of aliphatic hydroxyl groups is 1. The predicted octanol–water partition coefficient (Wildman–Crippen LogP) is -9.79. The fraction of sp³-hybridized carbons (Fsp3) is 1.00. The Morgan fingerprint density at radius 2 is 1.56 bits per heavy atom. The Hall–Kier alpha value is 1.31. The summed E-state index contributed by atoms with van der Waals surface area (Å²) in [4.78, 5) is 0. The smallest absolute Gasteiger partial charge is 1.00 e. The second kappa shape index (κ2) is 34.6. The molecule has 0 rings (SSSR count). The summed E-state index contributed by atoms with van der Waals surface area (Å²) in [6, 6.07) is 0. The number of rotatable bonds is 2. The molecule has 6 heteroatoms. The van der Waals surface area contributed by atoms with Gasteiger partial charge in [0.1, 0.15) is 0 Å². The minimum absolute atomic E-state index is 0. The first kappa shape index (κ1) is 31.7. The van der Waals surface area contributed by atoms with Crippen LogP contribution in [0.2, 0.25) is 0 Å². The van der Waals surface area contributed by atoms with Crippen LogP contribution in [-0.4, -0.2) is 25.3 Å². The summed E-state index contributed by atoms with van der Waals surface area (Å²) >= 11 is 0. The van der Waals surface area contributed by atoms with Crippen LogP contribution in [0.25, 0.3) is 0 Å². The van der Waals surface area contributed by atoms with Crippen LogP contribution in [0.1, 0.15) is 0 Å². The molecule has 0 aromatic carbocycles. The fourth-order valence-electron chi connectivity index (χ4n) is 0.112. The van der Waals surface area contributed by atoms with Crippen molar-refractivity contribution < 1.29 is 59.4 Å². The molecular weight excluding hydrogens is 228 g/mol. The van der Waals surface area contributed by atoms with E-state index in [-0.39, 0.29) is 60.9 Å². The fourth-order valence-corrected chi connectivity index (χ4v) is 0.112. The van der Waals surface area contributed by atoms with Crippen molar-refractivity contribution in [2.75, 3.05) is 20.2 Å². The minimum Gasteiger partial charge on any atom is -1.00 e. The second-order valence-electron chi connectivity index (χ2n) is 0.827. The number of hydrogen-bond donors (Lipinski definition) is 2. The molecule has 0 saturated carbocycles. The van der Waals surface area contributed by atoms with E-state index in [2.05, 4.69) is 5.32 Å². The van der Waals surface area contributed by atoms with Crippen molar-refractivity contribution in [1.82, 2.24) is 5.32 Å². The molecule has 1 radical (unpaired) electrons. The van der Waals surface area contributed by atoms with E-state index in [0.29, 0.717) is 6.54 Å². The monoisotopic (exact) mass is 236 g/mol. The molecule has 61 valence electrons. The van der Waals surface area contributed by atoms with Gasteiger partial charge in [-0.15, -0.1) is 0 Å². The minimum atomic E-state index is 0. The number of nitrogens with one attached hydrogen (secondary N) is 1. The third-order valence-electron chi connectivity index (χ3n) is 0.362. The molecule has 0 aliphatic heterocycles. The van der Waals surface area contributed by atoms with Gasteiger partial charge in [0, 0.05) is 6.54 Å². The summed E-state index contributed by atoms with van der Waals surface area (Å²) in [5, 5.41) is 10.8. The SMILES string of the molecule is CNCCO.[Cl-].[Cl-].[Cl-].[Fe+3]. The van der Waals surface area contributed by atoms with E-state index < -0.39 is 0 Å². The van der Waals surface area contributed by atoms with Crippen LogP contribution in [0.3, 0.4) is 0 Å². The first-order chi connectivity index (χ1) is 2.41. The van der Waals surface area contributed by atoms with Crippen molar-refractivity contribution in [2.45, 2.75) is 0 Å². The molecule has 0 aliphatic carbocycles. The molecule has 0 heterocycles. The molecule has 0 unspecified atom stereocenters. The summed E-state index contributed by atoms with van der Waals surface area (Å²) in [5.41, 5.74) is 0. The summed E-state index contributed by atoms with van der Waals surface area (Å²) in [7, 11) is 1.80. The van der Waals surface area contributed by atoms with Gasteiger partial charge >= 0.3 is 17.1 Å². The van der Waals surface area contributed by atoms with Crippen molar-refractivity contribution >= 4 is 0 Å². The maximum absolute atomic E-state index is 8.00. The Bertz CT molecular complexity index is 26.5. The van der Waals surface area contributed by atoms with Gasteiger partial charge in [-0.1, -0.05) is 0 Å². The average Bonchev–Trinajstić information content (AvgIpc) is 1.41. The summed E-state index contributed by atoms with van der Waals surface area (Å²) < 4.78 is 0. The van der Waals surface area contributed by atoms with Crippen molar-refractivity contribution in [3.8, 4) is 0 Å². The molecule has 2 N–H and O–H groups in total. The maximum Gasteiger partial charge on any atom is 3.00 e. The molecule has 9 heavy (non-hydrogen) atoms. The summed E-state index contributed by atoms with van der Waals surface area (Å²) in [6.45, 7) is 0.927. The number of aliphatic hydroxyl groups excluding tert-OH is 1. The number of hydrogen-bond acceptors (Lipinski definition) is 2. The van der Waals surface area contributed by atoms with E-state index in [4.69, 9.17) is 5.11 Å². The van der Waals surface area contributed by atoms with Crippen molar-refractivity contribution in [2.24, 2.45) is 0 Å². The van der Waals surface area contributed by atoms with E-state index >= 15 is 0 Å². The van der Waals surface area contributed by atoms with Gasteiger partial charge in [0.15, 0.2) is 0 Å². The molecule has 2 nitrogen and oxygen atoms in total. The van der Waals surface area contributed by atoms with Crippen molar-refractivity contribution in [1.29, 1.82) is 0 Å². The van der Waals surface area contributed by atoms with Crippen LogP contribution in [0.15, 0.2) is 0 Å². The largest absolute Gasteiger partial charge is 3.00 e. The van der Waals surface area contributed by atoms with Gasteiger partial charge in [-0.3, -0.25) is 0 Å². The van der Waals surface area contributed by atoms with Crippen LogP contribution in [0.4, 0.5) is 0 Å². The number of likely N-dealkylation sites (N-methyl/N-ethyl adjacent to an activating group) is 1. The van der Waals surface area contributed by atoms with Crippen LogP contribution in [-0.2, 0) is 17.1 Å². The first-order valence-corrected chi connectivity index (χ1v) is 1.67. The zero-order valence-electron chi connectivity index (χ0n) is 4.85. The standard InChI is InChI=1S/C3H9NO.3ClH.Fe/c1-4-2-3-5;;;;/h4-5H,2-3H2,1H3;3*1H;/q;;;;+3/p-3. The van der Waals surface area contributed by atoms with Gasteiger partial charge < -0.3 is 47.6 Å². The van der Waals surface area contributed by atoms with Gasteiger partial charge in [-0.25, -0.2) is 0 Å². The molecule has 0 aliphatic rings. The van der Waals surface area contributed by atoms with Crippen molar-refractivity contribution in [3.05, 3.63) is 0 Å². The molecule has 0 aromatic rings. The molecule has 0 saturated heterocycles. The quantitative estimate of drug-likeness (QED) is 0.468. The van der Waals surface area contributed by atoms with E-state index in [0.717, 1.165) is 0 Å². The number of halogens is 3. The Kier molecular flexibility index (Phi) is 122. The normalized spacial score (nSPS) is 4.67. The third kappa shape index (κ3) is 45.4. The first-order valence-electron chi connectivity index (χ1n) is 1.67. The summed E-state index contributed by atoms with van der Waals surface area (Å²) in [6.07, 6.45) is 0. The Morgan fingerprint density at radius 3 is 1.56 bits per heavy atom. The molecule has 0 fully saturated rings. The molecule has 0 atom stereocenters. The van der Waals surface area contributed by atoms with E-state index in [9.17, 15) is 0 Å². The summed E-state index contributed by atoms with van der Waals surface area (Å²) in [5.74, 6) is 0. The molecule has 0 amide bonds. The van der Waals surface area contributed by atoms with Crippen LogP contribution in [0, 0.1) is 0 Å². The Balaban J connectivity index is -0.0000000133. The van der Waals surface area contributed by atoms with Crippen molar-refractivity contribution in [3.63, 3.8) is 0 Å². The third-order valence-corrected chi connectivity index (χ3v) is 0.362. The van der Waals surface area contributed by atoms with Gasteiger partial charge in [0.2, 0.25) is 0 Å². The maximum atomic E-state index is 8.00. The Morgan fingerprint density at radius 1 is 1.22 bits per heavy atom. The molecule has 0 bridgehead atoms. The molecular formula is C3H9Cl3FeNO. The molecule has 0 spiro atoms. The zero-order chi connectivity index (χ0) is 4.12. The van der Waals surface area contributed by atoms with Gasteiger partial charge in [-0.2, -0.15) is 0 Å². The average molecular weight is 237 g/mol. The van der Waals surface area contributed by atoms with Crippen LogP contribution < -0.4 is 42.5 Å². The van der Waals surface area contributed by atoms with Crippen LogP contribution in [0.5, 0.6) is 0 Å². The second-order valence-corrected chi connectivity index (χ2v) is 0.827. The van der Waals surface area contributed by atoms with E-state index in [1.807, 2.05) is 0 Å². The van der Waals surface area contributed by atoms with E-state index in [1.165, 1.54) is 0 Å². The zero-order valence-corrected chi connectivity index (χ0v) is 8.22.